The molecule has 8 rings (SSSR count). The molecule has 1 heterocycles. The molecule has 0 saturated heterocycles. The molecule has 182 valence electrons. The predicted octanol–water partition coefficient (Wildman–Crippen LogP) is 6.53. The number of halogens is 4. The zero-order valence-corrected chi connectivity index (χ0v) is 20.4. The van der Waals surface area contributed by atoms with Gasteiger partial charge in [0.1, 0.15) is 6.17 Å². The Hall–Kier alpha value is -1.90. The maximum absolute atomic E-state index is 14.3. The fourth-order valence-electron chi connectivity index (χ4n) is 7.07. The van der Waals surface area contributed by atoms with Gasteiger partial charge in [0, 0.05) is 22.1 Å². The van der Waals surface area contributed by atoms with Gasteiger partial charge in [-0.05, 0) is 87.3 Å². The summed E-state index contributed by atoms with van der Waals surface area (Å²) in [4.78, 5) is 19.8. The van der Waals surface area contributed by atoms with Crippen LogP contribution in [0, 0.1) is 16.7 Å². The molecule has 0 radical (unpaired) electrons. The largest absolute Gasteiger partial charge is 0.339 e. The van der Waals surface area contributed by atoms with E-state index in [1.54, 1.807) is 0 Å². The number of amides is 1. The molecule has 1 aromatic carbocycles. The minimum absolute atomic E-state index is 0.0315. The van der Waals surface area contributed by atoms with Crippen molar-refractivity contribution in [3.8, 4) is 0 Å². The number of anilines is 1. The van der Waals surface area contributed by atoms with Crippen molar-refractivity contribution < 1.29 is 22.5 Å². The van der Waals surface area contributed by atoms with Crippen LogP contribution in [-0.2, 0) is 10.2 Å². The molecule has 1 atom stereocenters. The summed E-state index contributed by atoms with van der Waals surface area (Å²) in [5, 5.41) is 3.48. The van der Waals surface area contributed by atoms with E-state index in [-0.39, 0.29) is 22.7 Å². The highest BCUT2D eigenvalue weighted by atomic mass is 79.9. The van der Waals surface area contributed by atoms with E-state index in [0.29, 0.717) is 31.7 Å². The van der Waals surface area contributed by atoms with Gasteiger partial charge in [0.15, 0.2) is 0 Å². The van der Waals surface area contributed by atoms with Gasteiger partial charge in [-0.3, -0.25) is 4.79 Å². The standard InChI is InChI=1S/C25H27BrF3N3O2/c26-16-2-1-3-17(10-16)32(22(33)25-11-15(12-25)18(27)13-25)14-23-4-7-24(8-5-23,9-6-23)21-30-20(19(28)29)31-34-21/h1-3,10,15,18-19H,4-9,11-14H2. The van der Waals surface area contributed by atoms with Gasteiger partial charge in [0.2, 0.25) is 17.6 Å². The van der Waals surface area contributed by atoms with Crippen LogP contribution in [0.3, 0.4) is 0 Å². The highest BCUT2D eigenvalue weighted by molar-refractivity contribution is 9.10. The van der Waals surface area contributed by atoms with E-state index >= 15 is 0 Å². The van der Waals surface area contributed by atoms with Crippen LogP contribution in [0.4, 0.5) is 18.9 Å². The molecule has 34 heavy (non-hydrogen) atoms. The Bertz CT molecular complexity index is 1090. The molecule has 0 aliphatic heterocycles. The van der Waals surface area contributed by atoms with Crippen LogP contribution in [-0.4, -0.2) is 28.8 Å². The Morgan fingerprint density at radius 3 is 2.41 bits per heavy atom. The fourth-order valence-corrected chi connectivity index (χ4v) is 7.46. The topological polar surface area (TPSA) is 59.2 Å². The van der Waals surface area contributed by atoms with Crippen molar-refractivity contribution in [2.45, 2.75) is 75.8 Å². The van der Waals surface area contributed by atoms with Crippen molar-refractivity contribution in [3.63, 3.8) is 0 Å². The van der Waals surface area contributed by atoms with Crippen molar-refractivity contribution >= 4 is 27.5 Å². The second kappa shape index (κ2) is 7.80. The number of hydrogen-bond acceptors (Lipinski definition) is 4. The van der Waals surface area contributed by atoms with Crippen molar-refractivity contribution in [3.05, 3.63) is 40.5 Å². The van der Waals surface area contributed by atoms with Crippen LogP contribution < -0.4 is 4.90 Å². The third-order valence-corrected chi connectivity index (χ3v) is 9.70. The summed E-state index contributed by atoms with van der Waals surface area (Å²) in [5.41, 5.74) is -0.126. The molecule has 0 N–H and O–H groups in total. The predicted molar refractivity (Wildman–Crippen MR) is 122 cm³/mol. The molecule has 6 fully saturated rings. The van der Waals surface area contributed by atoms with Gasteiger partial charge in [-0.2, -0.15) is 4.98 Å². The molecular formula is C25H27BrF3N3O2. The lowest BCUT2D eigenvalue weighted by atomic mass is 9.53. The van der Waals surface area contributed by atoms with Gasteiger partial charge in [0.05, 0.1) is 5.41 Å². The number of carbonyl (C=O) groups is 1. The molecule has 1 amide bonds. The smallest absolute Gasteiger partial charge is 0.300 e. The molecule has 5 nitrogen and oxygen atoms in total. The third kappa shape index (κ3) is 3.44. The monoisotopic (exact) mass is 537 g/mol. The number of hydrogen-bond donors (Lipinski definition) is 0. The number of carbonyl (C=O) groups excluding carboxylic acids is 1. The van der Waals surface area contributed by atoms with Gasteiger partial charge >= 0.3 is 6.43 Å². The van der Waals surface area contributed by atoms with Gasteiger partial charge in [0.25, 0.3) is 0 Å². The zero-order valence-electron chi connectivity index (χ0n) is 18.8. The van der Waals surface area contributed by atoms with Crippen LogP contribution in [0.1, 0.15) is 75.9 Å². The average molecular weight is 538 g/mol. The first-order chi connectivity index (χ1) is 16.2. The van der Waals surface area contributed by atoms with Crippen LogP contribution in [0.15, 0.2) is 33.3 Å². The number of aromatic nitrogens is 2. The Morgan fingerprint density at radius 2 is 1.85 bits per heavy atom. The molecule has 6 saturated carbocycles. The quantitative estimate of drug-likeness (QED) is 0.420. The zero-order chi connectivity index (χ0) is 23.7. The van der Waals surface area contributed by atoms with Crippen LogP contribution in [0.25, 0.3) is 0 Å². The van der Waals surface area contributed by atoms with Crippen molar-refractivity contribution in [2.75, 3.05) is 11.4 Å². The summed E-state index contributed by atoms with van der Waals surface area (Å²) in [7, 11) is 0. The second-order valence-electron chi connectivity index (χ2n) is 11.1. The number of benzene rings is 1. The van der Waals surface area contributed by atoms with E-state index in [0.717, 1.165) is 48.7 Å². The lowest BCUT2D eigenvalue weighted by Gasteiger charge is -2.54. The summed E-state index contributed by atoms with van der Waals surface area (Å²) in [5.74, 6) is -0.129. The molecule has 9 heteroatoms. The molecule has 1 aromatic heterocycles. The van der Waals surface area contributed by atoms with Crippen molar-refractivity contribution in [1.82, 2.24) is 10.1 Å². The Kier molecular flexibility index (Phi) is 5.18. The normalized spacial score (nSPS) is 36.0. The highest BCUT2D eigenvalue weighted by Gasteiger charge is 2.62. The van der Waals surface area contributed by atoms with E-state index in [1.807, 2.05) is 29.2 Å². The Morgan fingerprint density at radius 1 is 1.15 bits per heavy atom. The van der Waals surface area contributed by atoms with Crippen molar-refractivity contribution in [2.24, 2.45) is 16.7 Å². The summed E-state index contributed by atoms with van der Waals surface area (Å²) < 4.78 is 46.5. The molecule has 6 aliphatic carbocycles. The molecule has 4 bridgehead atoms. The van der Waals surface area contributed by atoms with E-state index in [2.05, 4.69) is 26.1 Å². The summed E-state index contributed by atoms with van der Waals surface area (Å²) >= 11 is 3.53. The Balaban J connectivity index is 1.25. The summed E-state index contributed by atoms with van der Waals surface area (Å²) in [6, 6.07) is 7.77. The third-order valence-electron chi connectivity index (χ3n) is 9.21. The minimum atomic E-state index is -2.74. The average Bonchev–Trinajstić information content (AvgIpc) is 3.51. The second-order valence-corrected chi connectivity index (χ2v) is 12.0. The molecule has 1 unspecified atom stereocenters. The van der Waals surface area contributed by atoms with E-state index < -0.39 is 23.8 Å². The first-order valence-corrected chi connectivity index (χ1v) is 12.9. The van der Waals surface area contributed by atoms with Crippen LogP contribution in [0.2, 0.25) is 0 Å². The minimum Gasteiger partial charge on any atom is -0.339 e. The lowest BCUT2D eigenvalue weighted by Crippen LogP contribution is -2.54. The van der Waals surface area contributed by atoms with Crippen molar-refractivity contribution in [1.29, 1.82) is 0 Å². The van der Waals surface area contributed by atoms with Crippen LogP contribution in [0.5, 0.6) is 0 Å². The van der Waals surface area contributed by atoms with Gasteiger partial charge in [-0.15, -0.1) is 0 Å². The van der Waals surface area contributed by atoms with Gasteiger partial charge in [-0.1, -0.05) is 27.2 Å². The molecule has 6 aliphatic rings. The summed E-state index contributed by atoms with van der Waals surface area (Å²) in [6.07, 6.45) is 2.93. The first kappa shape index (κ1) is 22.6. The Labute approximate surface area is 204 Å². The number of nitrogens with zero attached hydrogens (tertiary/aromatic N) is 3. The van der Waals surface area contributed by atoms with E-state index in [4.69, 9.17) is 4.52 Å². The number of rotatable bonds is 6. The lowest BCUT2D eigenvalue weighted by molar-refractivity contribution is -0.132. The van der Waals surface area contributed by atoms with Crippen LogP contribution >= 0.6 is 15.9 Å². The fraction of sp³-hybridized carbons (Fsp3) is 0.640. The molecule has 0 spiro atoms. The van der Waals surface area contributed by atoms with Gasteiger partial charge in [-0.25, -0.2) is 13.2 Å². The maximum Gasteiger partial charge on any atom is 0.300 e. The SMILES string of the molecule is O=C(N(CC12CCC(c3nc(C(F)F)no3)(CC1)CC2)c1cccc(Br)c1)C12CC(F)C(C1)C2. The molecular weight excluding hydrogens is 511 g/mol. The number of fused-ring (bicyclic) bond motifs is 4. The molecule has 2 aromatic rings. The number of alkyl halides is 3. The summed E-state index contributed by atoms with van der Waals surface area (Å²) in [6.45, 7) is 0.591. The maximum atomic E-state index is 14.3. The first-order valence-electron chi connectivity index (χ1n) is 12.1. The van der Waals surface area contributed by atoms with E-state index in [9.17, 15) is 18.0 Å². The van der Waals surface area contributed by atoms with E-state index in [1.165, 1.54) is 0 Å². The highest BCUT2D eigenvalue weighted by Crippen LogP contribution is 2.62. The van der Waals surface area contributed by atoms with Gasteiger partial charge < -0.3 is 9.42 Å².